The number of alkyl carbamates (subject to hydrolysis) is 1. The molecule has 30 heavy (non-hydrogen) atoms. The lowest BCUT2D eigenvalue weighted by Crippen LogP contribution is -2.44. The molecule has 10 heteroatoms. The van der Waals surface area contributed by atoms with Gasteiger partial charge in [0.15, 0.2) is 0 Å². The van der Waals surface area contributed by atoms with Gasteiger partial charge in [0, 0.05) is 19.0 Å². The number of hydrogen-bond donors (Lipinski definition) is 5. The van der Waals surface area contributed by atoms with Crippen molar-refractivity contribution in [3.63, 3.8) is 0 Å². The van der Waals surface area contributed by atoms with Gasteiger partial charge in [0.25, 0.3) is 0 Å². The highest BCUT2D eigenvalue weighted by molar-refractivity contribution is 5.80. The SMILES string of the molecule is CC(C)(C)OC(=O)N[C@@H](Cc1ccccc1)C(=O)O.N[C@@H](Cc1c[nH]cn1)C(=O)O. The second-order valence-electron chi connectivity index (χ2n) is 7.44. The van der Waals surface area contributed by atoms with Crippen LogP contribution in [0, 0.1) is 0 Å². The van der Waals surface area contributed by atoms with Gasteiger partial charge in [-0.15, -0.1) is 0 Å². The van der Waals surface area contributed by atoms with Gasteiger partial charge in [-0.25, -0.2) is 14.6 Å². The lowest BCUT2D eigenvalue weighted by molar-refractivity contribution is -0.140. The van der Waals surface area contributed by atoms with Crippen molar-refractivity contribution in [3.05, 3.63) is 54.1 Å². The minimum absolute atomic E-state index is 0.218. The first-order valence-electron chi connectivity index (χ1n) is 9.20. The molecule has 1 aromatic heterocycles. The van der Waals surface area contributed by atoms with Crippen LogP contribution in [0.2, 0.25) is 0 Å². The number of imidazole rings is 1. The molecule has 1 amide bonds. The second-order valence-corrected chi connectivity index (χ2v) is 7.44. The molecule has 6 N–H and O–H groups in total. The molecule has 0 aliphatic heterocycles. The summed E-state index contributed by atoms with van der Waals surface area (Å²) < 4.78 is 5.04. The normalized spacial score (nSPS) is 12.7. The molecule has 2 aromatic rings. The monoisotopic (exact) mass is 420 g/mol. The summed E-state index contributed by atoms with van der Waals surface area (Å²) in [6.45, 7) is 5.17. The highest BCUT2D eigenvalue weighted by Gasteiger charge is 2.24. The fourth-order valence-electron chi connectivity index (χ4n) is 2.21. The van der Waals surface area contributed by atoms with E-state index in [4.69, 9.17) is 20.7 Å². The molecule has 0 fully saturated rings. The zero-order valence-electron chi connectivity index (χ0n) is 17.2. The Morgan fingerprint density at radius 3 is 2.23 bits per heavy atom. The number of ether oxygens (including phenoxy) is 1. The number of carboxylic acids is 2. The first kappa shape index (κ1) is 24.6. The Morgan fingerprint density at radius 1 is 1.13 bits per heavy atom. The molecule has 0 radical (unpaired) electrons. The van der Waals surface area contributed by atoms with Crippen molar-refractivity contribution in [3.8, 4) is 0 Å². The standard InChI is InChI=1S/C14H19NO4.C6H9N3O2/c1-14(2,3)19-13(18)15-11(12(16)17)9-10-7-5-4-6-8-10;7-5(6(10)11)1-4-2-8-3-9-4/h4-8,11H,9H2,1-3H3,(H,15,18)(H,16,17);2-3,5H,1,7H2,(H,8,9)(H,10,11)/t11-;5-/m00/s1. The van der Waals surface area contributed by atoms with Crippen molar-refractivity contribution in [2.75, 3.05) is 0 Å². The number of aromatic nitrogens is 2. The number of carboxylic acid groups (broad SMARTS) is 2. The average molecular weight is 420 g/mol. The number of hydrogen-bond acceptors (Lipinski definition) is 6. The molecular formula is C20H28N4O6. The van der Waals surface area contributed by atoms with E-state index in [1.165, 1.54) is 6.33 Å². The van der Waals surface area contributed by atoms with Gasteiger partial charge in [-0.1, -0.05) is 30.3 Å². The summed E-state index contributed by atoms with van der Waals surface area (Å²) in [6.07, 6.45) is 2.87. The Hall–Kier alpha value is -3.40. The first-order chi connectivity index (χ1) is 14.0. The zero-order valence-corrected chi connectivity index (χ0v) is 17.2. The van der Waals surface area contributed by atoms with Gasteiger partial charge in [-0.05, 0) is 26.3 Å². The molecule has 2 rings (SSSR count). The van der Waals surface area contributed by atoms with E-state index in [1.807, 2.05) is 30.3 Å². The molecule has 0 bridgehead atoms. The van der Waals surface area contributed by atoms with E-state index in [-0.39, 0.29) is 12.8 Å². The number of nitrogens with two attached hydrogens (primary N) is 1. The zero-order chi connectivity index (χ0) is 22.7. The molecule has 10 nitrogen and oxygen atoms in total. The number of amides is 1. The van der Waals surface area contributed by atoms with Crippen LogP contribution in [0.5, 0.6) is 0 Å². The molecule has 0 saturated carbocycles. The Labute approximate surface area is 174 Å². The highest BCUT2D eigenvalue weighted by Crippen LogP contribution is 2.08. The van der Waals surface area contributed by atoms with Gasteiger partial charge in [0.2, 0.25) is 0 Å². The van der Waals surface area contributed by atoms with E-state index in [9.17, 15) is 14.4 Å². The van der Waals surface area contributed by atoms with E-state index >= 15 is 0 Å². The Bertz CT molecular complexity index is 802. The molecule has 2 atom stereocenters. The maximum absolute atomic E-state index is 11.6. The molecule has 0 aliphatic rings. The maximum Gasteiger partial charge on any atom is 0.408 e. The number of nitrogens with zero attached hydrogens (tertiary/aromatic N) is 1. The Balaban J connectivity index is 0.000000346. The molecule has 0 unspecified atom stereocenters. The van der Waals surface area contributed by atoms with E-state index in [2.05, 4.69) is 15.3 Å². The third kappa shape index (κ3) is 10.2. The summed E-state index contributed by atoms with van der Waals surface area (Å²) in [5.74, 6) is -2.09. The fourth-order valence-corrected chi connectivity index (χ4v) is 2.21. The largest absolute Gasteiger partial charge is 0.480 e. The van der Waals surface area contributed by atoms with Crippen LogP contribution in [0.25, 0.3) is 0 Å². The van der Waals surface area contributed by atoms with E-state index in [0.717, 1.165) is 5.56 Å². The maximum atomic E-state index is 11.6. The quantitative estimate of drug-likeness (QED) is 0.450. The van der Waals surface area contributed by atoms with Crippen LogP contribution in [0.3, 0.4) is 0 Å². The fraction of sp³-hybridized carbons (Fsp3) is 0.400. The topological polar surface area (TPSA) is 168 Å². The predicted octanol–water partition coefficient (Wildman–Crippen LogP) is 1.57. The van der Waals surface area contributed by atoms with Crippen LogP contribution in [0.4, 0.5) is 4.79 Å². The van der Waals surface area contributed by atoms with Crippen molar-refractivity contribution in [1.82, 2.24) is 15.3 Å². The summed E-state index contributed by atoms with van der Waals surface area (Å²) in [5.41, 5.74) is 6.11. The number of rotatable bonds is 7. The Morgan fingerprint density at radius 2 is 1.77 bits per heavy atom. The van der Waals surface area contributed by atoms with E-state index < -0.39 is 35.7 Å². The van der Waals surface area contributed by atoms with Crippen LogP contribution in [0.15, 0.2) is 42.9 Å². The lowest BCUT2D eigenvalue weighted by Gasteiger charge is -2.22. The van der Waals surface area contributed by atoms with Crippen LogP contribution < -0.4 is 11.1 Å². The van der Waals surface area contributed by atoms with E-state index in [1.54, 1.807) is 27.0 Å². The summed E-state index contributed by atoms with van der Waals surface area (Å²) in [7, 11) is 0. The highest BCUT2D eigenvalue weighted by atomic mass is 16.6. The number of aromatic amines is 1. The van der Waals surface area contributed by atoms with Crippen molar-refractivity contribution in [2.45, 2.75) is 51.3 Å². The number of carbonyl (C=O) groups is 3. The molecular weight excluding hydrogens is 392 g/mol. The third-order valence-electron chi connectivity index (χ3n) is 3.57. The summed E-state index contributed by atoms with van der Waals surface area (Å²) >= 11 is 0. The predicted molar refractivity (Wildman–Crippen MR) is 109 cm³/mol. The minimum Gasteiger partial charge on any atom is -0.480 e. The van der Waals surface area contributed by atoms with Crippen LogP contribution in [-0.4, -0.2) is 55.9 Å². The van der Waals surface area contributed by atoms with Crippen molar-refractivity contribution >= 4 is 18.0 Å². The minimum atomic E-state index is -1.09. The lowest BCUT2D eigenvalue weighted by atomic mass is 10.1. The Kier molecular flexibility index (Phi) is 9.50. The third-order valence-corrected chi connectivity index (χ3v) is 3.57. The van der Waals surface area contributed by atoms with Crippen molar-refractivity contribution in [1.29, 1.82) is 0 Å². The molecule has 164 valence electrons. The smallest absolute Gasteiger partial charge is 0.408 e. The summed E-state index contributed by atoms with van der Waals surface area (Å²) in [4.78, 5) is 39.5. The molecule has 1 heterocycles. The molecule has 1 aromatic carbocycles. The first-order valence-corrected chi connectivity index (χ1v) is 9.20. The van der Waals surface area contributed by atoms with Crippen LogP contribution in [-0.2, 0) is 27.2 Å². The number of nitrogens with one attached hydrogen (secondary N) is 2. The second kappa shape index (κ2) is 11.6. The molecule has 0 spiro atoms. The van der Waals surface area contributed by atoms with E-state index in [0.29, 0.717) is 5.69 Å². The van der Waals surface area contributed by atoms with Crippen molar-refractivity contribution < 1.29 is 29.3 Å². The number of aliphatic carboxylic acids is 2. The van der Waals surface area contributed by atoms with Gasteiger partial charge in [-0.3, -0.25) is 4.79 Å². The summed E-state index contributed by atoms with van der Waals surface area (Å²) in [6, 6.07) is 7.25. The van der Waals surface area contributed by atoms with Crippen molar-refractivity contribution in [2.24, 2.45) is 5.73 Å². The van der Waals surface area contributed by atoms with Crippen LogP contribution >= 0.6 is 0 Å². The molecule has 0 saturated heterocycles. The number of carbonyl (C=O) groups excluding carboxylic acids is 1. The van der Waals surface area contributed by atoms with Gasteiger partial charge in [0.1, 0.15) is 17.7 Å². The van der Waals surface area contributed by atoms with Gasteiger partial charge in [0.05, 0.1) is 12.0 Å². The molecule has 0 aliphatic carbocycles. The van der Waals surface area contributed by atoms with Gasteiger partial charge < -0.3 is 31.0 Å². The van der Waals surface area contributed by atoms with Crippen LogP contribution in [0.1, 0.15) is 32.0 Å². The number of benzene rings is 1. The van der Waals surface area contributed by atoms with Gasteiger partial charge in [-0.2, -0.15) is 0 Å². The van der Waals surface area contributed by atoms with Gasteiger partial charge >= 0.3 is 18.0 Å². The summed E-state index contributed by atoms with van der Waals surface area (Å²) in [5, 5.41) is 19.9. The average Bonchev–Trinajstić information content (AvgIpc) is 3.14. The number of H-pyrrole nitrogens is 1.